The molecule has 0 aromatic carbocycles. The van der Waals surface area contributed by atoms with Crippen molar-refractivity contribution in [2.75, 3.05) is 32.7 Å². The molecule has 0 aromatic heterocycles. The lowest BCUT2D eigenvalue weighted by atomic mass is 10.2. The smallest absolute Gasteiger partial charge is 0.242 e. The van der Waals surface area contributed by atoms with Gasteiger partial charge >= 0.3 is 0 Å². The summed E-state index contributed by atoms with van der Waals surface area (Å²) < 4.78 is 0. The fourth-order valence-corrected chi connectivity index (χ4v) is 3.20. The standard InChI is InChI=1S/C15H25N3O2/c19-14-4-2-8-17(14)11-15(20)18(9-12-5-6-12)10-13-3-1-7-16-13/h12-13,16H,1-11H2. The van der Waals surface area contributed by atoms with Crippen LogP contribution in [-0.2, 0) is 9.59 Å². The van der Waals surface area contributed by atoms with Crippen LogP contribution in [-0.4, -0.2) is 60.4 Å². The van der Waals surface area contributed by atoms with Crippen LogP contribution in [0, 0.1) is 5.92 Å². The Morgan fingerprint density at radius 2 is 2.10 bits per heavy atom. The van der Waals surface area contributed by atoms with E-state index < -0.39 is 0 Å². The zero-order chi connectivity index (χ0) is 13.9. The second kappa shape index (κ2) is 6.12. The Labute approximate surface area is 120 Å². The summed E-state index contributed by atoms with van der Waals surface area (Å²) in [5.74, 6) is 0.985. The van der Waals surface area contributed by atoms with Gasteiger partial charge in [0.1, 0.15) is 0 Å². The van der Waals surface area contributed by atoms with Crippen LogP contribution in [0.15, 0.2) is 0 Å². The molecule has 2 heterocycles. The number of amides is 2. The van der Waals surface area contributed by atoms with E-state index in [1.807, 2.05) is 4.90 Å². The molecule has 1 aliphatic carbocycles. The fraction of sp³-hybridized carbons (Fsp3) is 0.867. The van der Waals surface area contributed by atoms with Crippen LogP contribution in [0.1, 0.15) is 38.5 Å². The zero-order valence-electron chi connectivity index (χ0n) is 12.1. The van der Waals surface area contributed by atoms with Crippen LogP contribution in [0.5, 0.6) is 0 Å². The molecule has 3 fully saturated rings. The van der Waals surface area contributed by atoms with E-state index in [1.54, 1.807) is 4.90 Å². The third-order valence-electron chi connectivity index (χ3n) is 4.63. The molecule has 1 saturated carbocycles. The summed E-state index contributed by atoms with van der Waals surface area (Å²) in [5.41, 5.74) is 0. The van der Waals surface area contributed by atoms with Crippen LogP contribution in [0.3, 0.4) is 0 Å². The van der Waals surface area contributed by atoms with E-state index in [4.69, 9.17) is 0 Å². The average molecular weight is 279 g/mol. The molecular formula is C15H25N3O2. The summed E-state index contributed by atoms with van der Waals surface area (Å²) in [6, 6.07) is 0.451. The Morgan fingerprint density at radius 3 is 2.70 bits per heavy atom. The van der Waals surface area contributed by atoms with Crippen molar-refractivity contribution in [3.05, 3.63) is 0 Å². The molecule has 3 aliphatic rings. The lowest BCUT2D eigenvalue weighted by Crippen LogP contribution is -2.46. The van der Waals surface area contributed by atoms with E-state index in [-0.39, 0.29) is 18.4 Å². The van der Waals surface area contributed by atoms with Gasteiger partial charge in [-0.1, -0.05) is 0 Å². The molecule has 1 unspecified atom stereocenters. The molecule has 0 radical (unpaired) electrons. The van der Waals surface area contributed by atoms with Crippen molar-refractivity contribution in [2.24, 2.45) is 5.92 Å². The van der Waals surface area contributed by atoms with Gasteiger partial charge in [-0.25, -0.2) is 0 Å². The largest absolute Gasteiger partial charge is 0.339 e. The van der Waals surface area contributed by atoms with Crippen LogP contribution in [0.25, 0.3) is 0 Å². The van der Waals surface area contributed by atoms with E-state index >= 15 is 0 Å². The highest BCUT2D eigenvalue weighted by Gasteiger charge is 2.31. The van der Waals surface area contributed by atoms with Gasteiger partial charge in [0.25, 0.3) is 0 Å². The number of carbonyl (C=O) groups excluding carboxylic acids is 2. The number of carbonyl (C=O) groups is 2. The van der Waals surface area contributed by atoms with Crippen LogP contribution in [0.2, 0.25) is 0 Å². The second-order valence-electron chi connectivity index (χ2n) is 6.45. The Hall–Kier alpha value is -1.10. The van der Waals surface area contributed by atoms with Gasteiger partial charge in [-0.3, -0.25) is 9.59 Å². The van der Waals surface area contributed by atoms with Crippen molar-refractivity contribution in [1.82, 2.24) is 15.1 Å². The summed E-state index contributed by atoms with van der Waals surface area (Å²) in [6.45, 7) is 3.82. The molecule has 0 spiro atoms. The van der Waals surface area contributed by atoms with Gasteiger partial charge in [-0.15, -0.1) is 0 Å². The molecule has 20 heavy (non-hydrogen) atoms. The highest BCUT2D eigenvalue weighted by Crippen LogP contribution is 2.30. The Morgan fingerprint density at radius 1 is 1.25 bits per heavy atom. The number of rotatable bonds is 6. The fourth-order valence-electron chi connectivity index (χ4n) is 3.20. The highest BCUT2D eigenvalue weighted by atomic mass is 16.2. The van der Waals surface area contributed by atoms with Gasteiger partial charge in [0.05, 0.1) is 6.54 Å². The third-order valence-corrected chi connectivity index (χ3v) is 4.63. The normalized spacial score (nSPS) is 26.3. The predicted molar refractivity (Wildman–Crippen MR) is 76.1 cm³/mol. The Kier molecular flexibility index (Phi) is 4.24. The van der Waals surface area contributed by atoms with Crippen molar-refractivity contribution in [3.63, 3.8) is 0 Å². The topological polar surface area (TPSA) is 52.7 Å². The average Bonchev–Trinajstić information content (AvgIpc) is 2.92. The van der Waals surface area contributed by atoms with E-state index in [2.05, 4.69) is 5.32 Å². The first kappa shape index (κ1) is 13.9. The minimum atomic E-state index is 0.140. The maximum absolute atomic E-state index is 12.5. The molecule has 2 aliphatic heterocycles. The van der Waals surface area contributed by atoms with E-state index in [9.17, 15) is 9.59 Å². The quantitative estimate of drug-likeness (QED) is 0.774. The highest BCUT2D eigenvalue weighted by molar-refractivity contribution is 5.85. The number of hydrogen-bond donors (Lipinski definition) is 1. The van der Waals surface area contributed by atoms with E-state index in [0.29, 0.717) is 18.4 Å². The van der Waals surface area contributed by atoms with Gasteiger partial charge in [0.15, 0.2) is 0 Å². The molecule has 0 aromatic rings. The van der Waals surface area contributed by atoms with Gasteiger partial charge < -0.3 is 15.1 Å². The minimum absolute atomic E-state index is 0.140. The molecular weight excluding hydrogens is 254 g/mol. The first-order valence-electron chi connectivity index (χ1n) is 8.01. The minimum Gasteiger partial charge on any atom is -0.339 e. The second-order valence-corrected chi connectivity index (χ2v) is 6.45. The van der Waals surface area contributed by atoms with Crippen LogP contribution < -0.4 is 5.32 Å². The van der Waals surface area contributed by atoms with Crippen molar-refractivity contribution < 1.29 is 9.59 Å². The molecule has 3 rings (SSSR count). The lowest BCUT2D eigenvalue weighted by molar-refractivity contribution is -0.138. The molecule has 0 bridgehead atoms. The number of nitrogens with zero attached hydrogens (tertiary/aromatic N) is 2. The first-order chi connectivity index (χ1) is 9.72. The molecule has 112 valence electrons. The van der Waals surface area contributed by atoms with Crippen LogP contribution >= 0.6 is 0 Å². The first-order valence-corrected chi connectivity index (χ1v) is 8.01. The zero-order valence-corrected chi connectivity index (χ0v) is 12.1. The van der Waals surface area contributed by atoms with Gasteiger partial charge in [0, 0.05) is 32.1 Å². The summed E-state index contributed by atoms with van der Waals surface area (Å²) in [4.78, 5) is 27.9. The summed E-state index contributed by atoms with van der Waals surface area (Å²) in [5, 5.41) is 3.46. The van der Waals surface area contributed by atoms with Crippen molar-refractivity contribution in [3.8, 4) is 0 Å². The maximum Gasteiger partial charge on any atom is 0.242 e. The van der Waals surface area contributed by atoms with Crippen molar-refractivity contribution >= 4 is 11.8 Å². The van der Waals surface area contributed by atoms with Crippen molar-refractivity contribution in [2.45, 2.75) is 44.6 Å². The van der Waals surface area contributed by atoms with Crippen LogP contribution in [0.4, 0.5) is 0 Å². The van der Waals surface area contributed by atoms with Gasteiger partial charge in [-0.2, -0.15) is 0 Å². The predicted octanol–water partition coefficient (Wildman–Crippen LogP) is 0.599. The maximum atomic E-state index is 12.5. The monoisotopic (exact) mass is 279 g/mol. The molecule has 5 nitrogen and oxygen atoms in total. The number of likely N-dealkylation sites (tertiary alicyclic amines) is 1. The lowest BCUT2D eigenvalue weighted by Gasteiger charge is -2.28. The van der Waals surface area contributed by atoms with E-state index in [1.165, 1.54) is 19.3 Å². The number of hydrogen-bond acceptors (Lipinski definition) is 3. The molecule has 2 saturated heterocycles. The Bertz CT molecular complexity index is 375. The Balaban J connectivity index is 1.55. The van der Waals surface area contributed by atoms with E-state index in [0.717, 1.165) is 39.0 Å². The molecule has 2 amide bonds. The van der Waals surface area contributed by atoms with Gasteiger partial charge in [-0.05, 0) is 44.6 Å². The summed E-state index contributed by atoms with van der Waals surface area (Å²) >= 11 is 0. The number of nitrogens with one attached hydrogen (secondary N) is 1. The SMILES string of the molecule is O=C1CCCN1CC(=O)N(CC1CC1)CC1CCCN1. The van der Waals surface area contributed by atoms with Gasteiger partial charge in [0.2, 0.25) is 11.8 Å². The summed E-state index contributed by atoms with van der Waals surface area (Å²) in [6.07, 6.45) is 6.39. The third kappa shape index (κ3) is 3.51. The van der Waals surface area contributed by atoms with Crippen molar-refractivity contribution in [1.29, 1.82) is 0 Å². The summed E-state index contributed by atoms with van der Waals surface area (Å²) in [7, 11) is 0. The molecule has 5 heteroatoms. The molecule has 1 atom stereocenters. The molecule has 1 N–H and O–H groups in total.